The van der Waals surface area contributed by atoms with Crippen molar-refractivity contribution >= 4 is 44.1 Å². The fraction of sp³-hybridized carbons (Fsp3) is 0.216. The molecule has 4 aromatic carbocycles. The Labute approximate surface area is 271 Å². The fourth-order valence-corrected chi connectivity index (χ4v) is 6.49. The minimum atomic E-state index is -0.983. The molecule has 1 unspecified atom stereocenters. The van der Waals surface area contributed by atoms with Gasteiger partial charge in [-0.3, -0.25) is 14.5 Å². The number of rotatable bonds is 11. The summed E-state index contributed by atoms with van der Waals surface area (Å²) in [5.74, 6) is -0.400. The molecule has 8 nitrogen and oxygen atoms in total. The lowest BCUT2D eigenvalue weighted by Gasteiger charge is -2.24. The van der Waals surface area contributed by atoms with Crippen molar-refractivity contribution in [3.05, 3.63) is 119 Å². The maximum Gasteiger partial charge on any atom is 0.301 e. The normalized spacial score (nSPS) is 15.8. The number of carbonyl (C=O) groups excluding carboxylic acids is 2. The van der Waals surface area contributed by atoms with E-state index in [2.05, 4.69) is 6.92 Å². The molecule has 0 bridgehead atoms. The second-order valence-corrected chi connectivity index (χ2v) is 12.1. The van der Waals surface area contributed by atoms with Crippen molar-refractivity contribution in [2.24, 2.45) is 0 Å². The Hall–Kier alpha value is -5.15. The van der Waals surface area contributed by atoms with Gasteiger partial charge in [0.1, 0.15) is 18.1 Å². The SMILES string of the molecule is CCCCOc1cccc(/C(O)=C2\C(=O)C(=O)N(c3nc4ccc(C)cc4s3)C2c2ccc(OCc3ccccc3)c(OC)c2)c1. The van der Waals surface area contributed by atoms with E-state index in [4.69, 9.17) is 19.2 Å². The zero-order chi connectivity index (χ0) is 32.2. The van der Waals surface area contributed by atoms with Gasteiger partial charge in [0.2, 0.25) is 0 Å². The van der Waals surface area contributed by atoms with Crippen LogP contribution >= 0.6 is 11.3 Å². The van der Waals surface area contributed by atoms with Gasteiger partial charge in [-0.1, -0.05) is 79.3 Å². The van der Waals surface area contributed by atoms with Crippen LogP contribution in [-0.4, -0.2) is 35.5 Å². The smallest absolute Gasteiger partial charge is 0.301 e. The Bertz CT molecular complexity index is 1930. The topological polar surface area (TPSA) is 98.2 Å². The van der Waals surface area contributed by atoms with E-state index in [1.807, 2.05) is 55.5 Å². The first kappa shape index (κ1) is 30.9. The molecule has 1 N–H and O–H groups in total. The van der Waals surface area contributed by atoms with Crippen molar-refractivity contribution in [1.82, 2.24) is 4.98 Å². The molecule has 0 saturated carbocycles. The molecular weight excluding hydrogens is 600 g/mol. The molecule has 1 aliphatic heterocycles. The number of Topliss-reactive ketones (excluding diaryl/α,β-unsaturated/α-hetero) is 1. The summed E-state index contributed by atoms with van der Waals surface area (Å²) in [5, 5.41) is 12.1. The number of nitrogens with zero attached hydrogens (tertiary/aromatic N) is 2. The van der Waals surface area contributed by atoms with Crippen LogP contribution in [0.3, 0.4) is 0 Å². The van der Waals surface area contributed by atoms with Crippen LogP contribution in [0.15, 0.2) is 96.6 Å². The summed E-state index contributed by atoms with van der Waals surface area (Å²) in [5.41, 5.74) is 3.63. The van der Waals surface area contributed by atoms with E-state index in [1.165, 1.54) is 23.3 Å². The van der Waals surface area contributed by atoms with Gasteiger partial charge in [0, 0.05) is 5.56 Å². The first-order valence-corrected chi connectivity index (χ1v) is 16.0. The van der Waals surface area contributed by atoms with Crippen LogP contribution in [0.25, 0.3) is 16.0 Å². The fourth-order valence-electron chi connectivity index (χ4n) is 5.40. The number of hydrogen-bond donors (Lipinski definition) is 1. The number of ketones is 1. The minimum Gasteiger partial charge on any atom is -0.507 e. The number of benzene rings is 4. The number of aromatic nitrogens is 1. The Balaban J connectivity index is 1.45. The van der Waals surface area contributed by atoms with Crippen LogP contribution in [0.5, 0.6) is 17.2 Å². The molecule has 2 heterocycles. The van der Waals surface area contributed by atoms with Crippen LogP contribution in [0.2, 0.25) is 0 Å². The average Bonchev–Trinajstić information content (AvgIpc) is 3.61. The summed E-state index contributed by atoms with van der Waals surface area (Å²) >= 11 is 1.32. The van der Waals surface area contributed by atoms with Gasteiger partial charge in [0.05, 0.1) is 35.5 Å². The molecule has 1 aliphatic rings. The lowest BCUT2D eigenvalue weighted by molar-refractivity contribution is -0.132. The number of fused-ring (bicyclic) bond motifs is 1. The number of carbonyl (C=O) groups is 2. The molecule has 9 heteroatoms. The molecule has 5 aromatic rings. The second kappa shape index (κ2) is 13.5. The number of amides is 1. The summed E-state index contributed by atoms with van der Waals surface area (Å²) in [6.07, 6.45) is 1.86. The number of thiazole rings is 1. The number of hydrogen-bond acceptors (Lipinski definition) is 8. The Morgan fingerprint density at radius 3 is 2.54 bits per heavy atom. The standard InChI is InChI=1S/C37H34N2O6S/c1-4-5-18-44-27-13-9-12-26(20-27)34(40)32-33(25-15-17-29(30(21-25)43-3)45-22-24-10-7-6-8-11-24)39(36(42)35(32)41)37-38-28-16-14-23(2)19-31(28)46-37/h6-17,19-21,33,40H,4-5,18,22H2,1-3H3/b34-32+. The molecule has 6 rings (SSSR count). The Morgan fingerprint density at radius 2 is 1.76 bits per heavy atom. The van der Waals surface area contributed by atoms with Crippen molar-refractivity contribution < 1.29 is 28.9 Å². The summed E-state index contributed by atoms with van der Waals surface area (Å²) in [6, 6.07) is 26.8. The van der Waals surface area contributed by atoms with Gasteiger partial charge in [0.25, 0.3) is 5.78 Å². The maximum absolute atomic E-state index is 13.8. The minimum absolute atomic E-state index is 0.0499. The number of aryl methyl sites for hydroxylation is 1. The maximum atomic E-state index is 13.8. The van der Waals surface area contributed by atoms with Gasteiger partial charge in [-0.25, -0.2) is 4.98 Å². The highest BCUT2D eigenvalue weighted by Crippen LogP contribution is 2.46. The van der Waals surface area contributed by atoms with Gasteiger partial charge in [-0.05, 0) is 66.4 Å². The van der Waals surface area contributed by atoms with Gasteiger partial charge in [0.15, 0.2) is 16.6 Å². The summed E-state index contributed by atoms with van der Waals surface area (Å²) in [4.78, 5) is 33.7. The van der Waals surface area contributed by atoms with E-state index >= 15 is 0 Å². The average molecular weight is 635 g/mol. The zero-order valence-electron chi connectivity index (χ0n) is 25.9. The lowest BCUT2D eigenvalue weighted by atomic mass is 9.95. The van der Waals surface area contributed by atoms with Crippen molar-refractivity contribution in [3.8, 4) is 17.2 Å². The highest BCUT2D eigenvalue weighted by Gasteiger charge is 2.48. The lowest BCUT2D eigenvalue weighted by Crippen LogP contribution is -2.29. The summed E-state index contributed by atoms with van der Waals surface area (Å²) < 4.78 is 18.5. The number of anilines is 1. The van der Waals surface area contributed by atoms with Crippen LogP contribution in [0.1, 0.15) is 48.1 Å². The number of unbranched alkanes of at least 4 members (excludes halogenated alkanes) is 1. The first-order valence-electron chi connectivity index (χ1n) is 15.1. The number of ether oxygens (including phenoxy) is 3. The van der Waals surface area contributed by atoms with Crippen molar-refractivity contribution in [1.29, 1.82) is 0 Å². The molecule has 1 atom stereocenters. The van der Waals surface area contributed by atoms with E-state index < -0.39 is 17.7 Å². The second-order valence-electron chi connectivity index (χ2n) is 11.1. The first-order chi connectivity index (χ1) is 22.4. The molecule has 0 aliphatic carbocycles. The third kappa shape index (κ3) is 6.19. The largest absolute Gasteiger partial charge is 0.507 e. The van der Waals surface area contributed by atoms with Gasteiger partial charge < -0.3 is 19.3 Å². The third-order valence-corrected chi connectivity index (χ3v) is 8.82. The highest BCUT2D eigenvalue weighted by atomic mass is 32.1. The van der Waals surface area contributed by atoms with Crippen molar-refractivity contribution in [2.75, 3.05) is 18.6 Å². The molecule has 234 valence electrons. The van der Waals surface area contributed by atoms with Crippen LogP contribution in [0, 0.1) is 6.92 Å². The van der Waals surface area contributed by atoms with Gasteiger partial charge >= 0.3 is 5.91 Å². The molecule has 46 heavy (non-hydrogen) atoms. The molecule has 0 spiro atoms. The number of aliphatic hydroxyl groups excluding tert-OH is 1. The quantitative estimate of drug-likeness (QED) is 0.0681. The van der Waals surface area contributed by atoms with Crippen molar-refractivity contribution in [2.45, 2.75) is 39.3 Å². The summed E-state index contributed by atoms with van der Waals surface area (Å²) in [6.45, 7) is 4.92. The summed E-state index contributed by atoms with van der Waals surface area (Å²) in [7, 11) is 1.53. The Kier molecular flexibility index (Phi) is 9.03. The monoisotopic (exact) mass is 634 g/mol. The molecule has 1 fully saturated rings. The Morgan fingerprint density at radius 1 is 0.935 bits per heavy atom. The van der Waals surface area contributed by atoms with E-state index in [1.54, 1.807) is 42.5 Å². The van der Waals surface area contributed by atoms with E-state index in [-0.39, 0.29) is 11.3 Å². The molecular formula is C37H34N2O6S. The van der Waals surface area contributed by atoms with Gasteiger partial charge in [-0.2, -0.15) is 0 Å². The van der Waals surface area contributed by atoms with E-state index in [0.29, 0.717) is 52.2 Å². The number of methoxy groups -OCH3 is 1. The third-order valence-electron chi connectivity index (χ3n) is 7.80. The zero-order valence-corrected chi connectivity index (χ0v) is 26.7. The molecule has 1 aromatic heterocycles. The van der Waals surface area contributed by atoms with Crippen LogP contribution in [0.4, 0.5) is 5.13 Å². The van der Waals surface area contributed by atoms with E-state index in [9.17, 15) is 14.7 Å². The molecule has 1 amide bonds. The van der Waals surface area contributed by atoms with Crippen molar-refractivity contribution in [3.63, 3.8) is 0 Å². The predicted octanol–water partition coefficient (Wildman–Crippen LogP) is 8.00. The van der Waals surface area contributed by atoms with Crippen LogP contribution < -0.4 is 19.1 Å². The van der Waals surface area contributed by atoms with Crippen LogP contribution in [-0.2, 0) is 16.2 Å². The number of aliphatic hydroxyl groups is 1. The predicted molar refractivity (Wildman–Crippen MR) is 180 cm³/mol. The van der Waals surface area contributed by atoms with E-state index in [0.717, 1.165) is 28.7 Å². The van der Waals surface area contributed by atoms with Gasteiger partial charge in [-0.15, -0.1) is 0 Å². The molecule has 0 radical (unpaired) electrons. The highest BCUT2D eigenvalue weighted by molar-refractivity contribution is 7.22. The molecule has 1 saturated heterocycles.